The molecule has 5 nitrogen and oxygen atoms in total. The molecule has 0 aliphatic carbocycles. The van der Waals surface area contributed by atoms with Crippen LogP contribution in [0, 0.1) is 11.5 Å². The van der Waals surface area contributed by atoms with E-state index in [1.807, 2.05) is 30.3 Å². The van der Waals surface area contributed by atoms with Crippen LogP contribution < -0.4 is 4.74 Å². The summed E-state index contributed by atoms with van der Waals surface area (Å²) in [5.74, 6) is 3.55. The molecule has 27 heavy (non-hydrogen) atoms. The molecule has 136 valence electrons. The van der Waals surface area contributed by atoms with E-state index >= 15 is 0 Å². The first-order valence-electron chi connectivity index (χ1n) is 8.41. The summed E-state index contributed by atoms with van der Waals surface area (Å²) in [7, 11) is -1.64. The van der Waals surface area contributed by atoms with Gasteiger partial charge in [0.2, 0.25) is 0 Å². The molecule has 0 saturated carbocycles. The average molecular weight is 377 g/mol. The van der Waals surface area contributed by atoms with Gasteiger partial charge in [-0.25, -0.2) is 9.78 Å². The molecule has 0 fully saturated rings. The maximum absolute atomic E-state index is 11.4. The van der Waals surface area contributed by atoms with Gasteiger partial charge in [0.25, 0.3) is 0 Å². The molecule has 0 atom stereocenters. The molecule has 0 radical (unpaired) electrons. The predicted molar refractivity (Wildman–Crippen MR) is 106 cm³/mol. The lowest BCUT2D eigenvalue weighted by molar-refractivity contribution is 0.0691. The van der Waals surface area contributed by atoms with Crippen molar-refractivity contribution in [2.24, 2.45) is 0 Å². The first kappa shape index (κ1) is 18.5. The molecular formula is C21H19NO4Si. The third-order valence-corrected chi connectivity index (χ3v) is 4.43. The smallest absolute Gasteiger partial charge is 0.358 e. The minimum Gasteiger partial charge on any atom is -0.476 e. The summed E-state index contributed by atoms with van der Waals surface area (Å²) < 4.78 is 11.2. The highest BCUT2D eigenvalue weighted by atomic mass is 28.3. The van der Waals surface area contributed by atoms with Crippen molar-refractivity contribution in [3.05, 3.63) is 66.2 Å². The normalized spacial score (nSPS) is 10.8. The molecule has 3 rings (SSSR count). The Hall–Kier alpha value is -3.30. The van der Waals surface area contributed by atoms with Gasteiger partial charge in [-0.2, -0.15) is 0 Å². The van der Waals surface area contributed by atoms with Crippen LogP contribution in [-0.4, -0.2) is 24.1 Å². The van der Waals surface area contributed by atoms with Crippen molar-refractivity contribution in [2.45, 2.75) is 19.6 Å². The number of carbonyl (C=O) groups is 1. The van der Waals surface area contributed by atoms with E-state index in [9.17, 15) is 9.90 Å². The summed E-state index contributed by atoms with van der Waals surface area (Å²) in [5.41, 5.74) is 4.39. The van der Waals surface area contributed by atoms with Gasteiger partial charge in [0.15, 0.2) is 17.8 Å². The molecule has 1 N–H and O–H groups in total. The lowest BCUT2D eigenvalue weighted by atomic mass is 10.0. The molecule has 1 aromatic heterocycles. The minimum atomic E-state index is -1.64. The minimum absolute atomic E-state index is 0.136. The Kier molecular flexibility index (Phi) is 5.15. The summed E-state index contributed by atoms with van der Waals surface area (Å²) in [6.07, 6.45) is 1.13. The van der Waals surface area contributed by atoms with Gasteiger partial charge < -0.3 is 14.3 Å². The highest BCUT2D eigenvalue weighted by Gasteiger charge is 2.20. The van der Waals surface area contributed by atoms with Gasteiger partial charge in [0.05, 0.1) is 0 Å². The van der Waals surface area contributed by atoms with Crippen LogP contribution in [-0.2, 0) is 0 Å². The molecule has 0 bridgehead atoms. The van der Waals surface area contributed by atoms with Crippen molar-refractivity contribution in [3.8, 4) is 34.3 Å². The van der Waals surface area contributed by atoms with Crippen molar-refractivity contribution in [3.63, 3.8) is 0 Å². The number of carboxylic acids is 1. The SMILES string of the molecule is C[Si](C)(C)C#Cc1cc(Oc2ccccc2)ccc1-c1ocnc1C(=O)O. The van der Waals surface area contributed by atoms with E-state index in [-0.39, 0.29) is 11.5 Å². The Balaban J connectivity index is 2.08. The van der Waals surface area contributed by atoms with Crippen molar-refractivity contribution < 1.29 is 19.1 Å². The van der Waals surface area contributed by atoms with E-state index in [0.29, 0.717) is 22.6 Å². The number of hydrogen-bond donors (Lipinski definition) is 1. The number of aromatic nitrogens is 1. The van der Waals surface area contributed by atoms with Crippen LogP contribution in [0.15, 0.2) is 59.3 Å². The molecule has 0 aliphatic heterocycles. The molecule has 2 aromatic carbocycles. The Labute approximate surface area is 158 Å². The molecule has 6 heteroatoms. The largest absolute Gasteiger partial charge is 0.476 e. The van der Waals surface area contributed by atoms with Gasteiger partial charge in [-0.15, -0.1) is 5.54 Å². The van der Waals surface area contributed by atoms with E-state index in [1.165, 1.54) is 0 Å². The lowest BCUT2D eigenvalue weighted by Crippen LogP contribution is -2.16. The third-order valence-electron chi connectivity index (χ3n) is 3.56. The lowest BCUT2D eigenvalue weighted by Gasteiger charge is -2.09. The Morgan fingerprint density at radius 1 is 1.11 bits per heavy atom. The molecular weight excluding hydrogens is 358 g/mol. The zero-order valence-corrected chi connectivity index (χ0v) is 16.3. The zero-order chi connectivity index (χ0) is 19.4. The Morgan fingerprint density at radius 2 is 1.85 bits per heavy atom. The molecule has 1 heterocycles. The van der Waals surface area contributed by atoms with Gasteiger partial charge in [-0.05, 0) is 30.3 Å². The van der Waals surface area contributed by atoms with Crippen LogP contribution in [0.5, 0.6) is 11.5 Å². The number of rotatable bonds is 4. The van der Waals surface area contributed by atoms with Crippen LogP contribution in [0.2, 0.25) is 19.6 Å². The van der Waals surface area contributed by atoms with Crippen molar-refractivity contribution >= 4 is 14.0 Å². The fourth-order valence-electron chi connectivity index (χ4n) is 2.36. The summed E-state index contributed by atoms with van der Waals surface area (Å²) >= 11 is 0. The summed E-state index contributed by atoms with van der Waals surface area (Å²) in [6.45, 7) is 6.42. The van der Waals surface area contributed by atoms with E-state index in [2.05, 4.69) is 36.1 Å². The van der Waals surface area contributed by atoms with Crippen LogP contribution >= 0.6 is 0 Å². The van der Waals surface area contributed by atoms with Gasteiger partial charge in [0.1, 0.15) is 19.6 Å². The molecule has 0 spiro atoms. The van der Waals surface area contributed by atoms with E-state index in [0.717, 1.165) is 6.39 Å². The average Bonchev–Trinajstić information content (AvgIpc) is 3.10. The van der Waals surface area contributed by atoms with E-state index < -0.39 is 14.0 Å². The zero-order valence-electron chi connectivity index (χ0n) is 15.3. The van der Waals surface area contributed by atoms with Crippen molar-refractivity contribution in [1.29, 1.82) is 0 Å². The second-order valence-corrected chi connectivity index (χ2v) is 11.7. The molecule has 0 unspecified atom stereocenters. The van der Waals surface area contributed by atoms with E-state index in [4.69, 9.17) is 9.15 Å². The second kappa shape index (κ2) is 7.52. The maximum atomic E-state index is 11.4. The number of oxazole rings is 1. The predicted octanol–water partition coefficient (Wildman–Crippen LogP) is 5.06. The van der Waals surface area contributed by atoms with Crippen molar-refractivity contribution in [2.75, 3.05) is 0 Å². The number of nitrogens with zero attached hydrogens (tertiary/aromatic N) is 1. The number of carboxylic acid groups (broad SMARTS) is 1. The Bertz CT molecular complexity index is 1020. The van der Waals surface area contributed by atoms with Crippen LogP contribution in [0.4, 0.5) is 0 Å². The number of aromatic carboxylic acids is 1. The van der Waals surface area contributed by atoms with Gasteiger partial charge in [0, 0.05) is 11.1 Å². The highest BCUT2D eigenvalue weighted by molar-refractivity contribution is 6.83. The highest BCUT2D eigenvalue weighted by Crippen LogP contribution is 2.31. The summed E-state index contributed by atoms with van der Waals surface area (Å²) in [5, 5.41) is 9.34. The van der Waals surface area contributed by atoms with Gasteiger partial charge >= 0.3 is 5.97 Å². The quantitative estimate of drug-likeness (QED) is 0.508. The standard InChI is InChI=1S/C21H19NO4Si/c1-27(2,3)12-11-15-13-17(26-16-7-5-4-6-8-16)9-10-18(15)20-19(21(23)24)22-14-25-20/h4-10,13-14H,1-3H3,(H,23,24). The molecule has 0 saturated heterocycles. The van der Waals surface area contributed by atoms with Crippen LogP contribution in [0.3, 0.4) is 0 Å². The Morgan fingerprint density at radius 3 is 2.52 bits per heavy atom. The van der Waals surface area contributed by atoms with Gasteiger partial charge in [-0.1, -0.05) is 43.8 Å². The number of benzene rings is 2. The number of ether oxygens (including phenoxy) is 1. The third kappa shape index (κ3) is 4.66. The topological polar surface area (TPSA) is 72.6 Å². The fraction of sp³-hybridized carbons (Fsp3) is 0.143. The first-order valence-corrected chi connectivity index (χ1v) is 11.9. The summed E-state index contributed by atoms with van der Waals surface area (Å²) in [6, 6.07) is 14.7. The van der Waals surface area contributed by atoms with Gasteiger partial charge in [-0.3, -0.25) is 0 Å². The molecule has 3 aromatic rings. The summed E-state index contributed by atoms with van der Waals surface area (Å²) in [4.78, 5) is 15.2. The molecule has 0 aliphatic rings. The number of para-hydroxylation sites is 1. The van der Waals surface area contributed by atoms with Crippen LogP contribution in [0.25, 0.3) is 11.3 Å². The maximum Gasteiger partial charge on any atom is 0.358 e. The van der Waals surface area contributed by atoms with E-state index in [1.54, 1.807) is 18.2 Å². The van der Waals surface area contributed by atoms with Crippen LogP contribution in [0.1, 0.15) is 16.1 Å². The fourth-order valence-corrected chi connectivity index (χ4v) is 2.87. The second-order valence-electron chi connectivity index (χ2n) is 6.96. The number of hydrogen-bond acceptors (Lipinski definition) is 4. The van der Waals surface area contributed by atoms with Crippen molar-refractivity contribution in [1.82, 2.24) is 4.98 Å². The first-order chi connectivity index (χ1) is 12.8. The molecule has 0 amide bonds. The monoisotopic (exact) mass is 377 g/mol.